The van der Waals surface area contributed by atoms with Gasteiger partial charge in [-0.3, -0.25) is 0 Å². The second-order valence-corrected chi connectivity index (χ2v) is 6.91. The number of hydrogen-bond acceptors (Lipinski definition) is 4. The van der Waals surface area contributed by atoms with E-state index in [1.807, 2.05) is 0 Å². The Morgan fingerprint density at radius 3 is 2.82 bits per heavy atom. The molecule has 0 saturated heterocycles. The fourth-order valence-electron chi connectivity index (χ4n) is 2.69. The van der Waals surface area contributed by atoms with Crippen molar-refractivity contribution in [2.45, 2.75) is 30.7 Å². The summed E-state index contributed by atoms with van der Waals surface area (Å²) in [6.45, 7) is 0.0292. The lowest BCUT2D eigenvalue weighted by Gasteiger charge is -2.11. The summed E-state index contributed by atoms with van der Waals surface area (Å²) in [7, 11) is -3.79. The Hall–Kier alpha value is -2.12. The van der Waals surface area contributed by atoms with Crippen molar-refractivity contribution in [3.05, 3.63) is 53.0 Å². The summed E-state index contributed by atoms with van der Waals surface area (Å²) in [4.78, 5) is 11.3. The van der Waals surface area contributed by atoms with E-state index in [0.717, 1.165) is 17.5 Å². The van der Waals surface area contributed by atoms with Crippen LogP contribution in [0.1, 0.15) is 33.7 Å². The van der Waals surface area contributed by atoms with Crippen molar-refractivity contribution in [1.82, 2.24) is 4.72 Å². The fourth-order valence-corrected chi connectivity index (χ4v) is 4.01. The number of benzene rings is 1. The number of carboxylic acid groups (broad SMARTS) is 1. The van der Waals surface area contributed by atoms with Gasteiger partial charge in [-0.05, 0) is 54.7 Å². The van der Waals surface area contributed by atoms with Crippen LogP contribution in [0.25, 0.3) is 0 Å². The van der Waals surface area contributed by atoms with E-state index in [9.17, 15) is 13.2 Å². The molecule has 2 N–H and O–H groups in total. The first-order valence-corrected chi connectivity index (χ1v) is 8.37. The molecule has 0 spiro atoms. The summed E-state index contributed by atoms with van der Waals surface area (Å²) in [5, 5.41) is 9.16. The molecule has 0 radical (unpaired) electrons. The van der Waals surface area contributed by atoms with E-state index in [4.69, 9.17) is 9.52 Å². The summed E-state index contributed by atoms with van der Waals surface area (Å²) < 4.78 is 32.6. The van der Waals surface area contributed by atoms with Gasteiger partial charge >= 0.3 is 5.97 Å². The number of furan rings is 1. The average Bonchev–Trinajstić information content (AvgIpc) is 3.15. The van der Waals surface area contributed by atoms with E-state index in [2.05, 4.69) is 4.72 Å². The Bertz CT molecular complexity index is 809. The lowest BCUT2D eigenvalue weighted by Crippen LogP contribution is -2.24. The Kier molecular flexibility index (Phi) is 3.76. The van der Waals surface area contributed by atoms with Crippen molar-refractivity contribution < 1.29 is 22.7 Å². The largest absolute Gasteiger partial charge is 0.478 e. The highest BCUT2D eigenvalue weighted by molar-refractivity contribution is 7.89. The molecular weight excluding hydrogens is 306 g/mol. The van der Waals surface area contributed by atoms with Gasteiger partial charge in [0.15, 0.2) is 0 Å². The zero-order chi connectivity index (χ0) is 15.7. The molecule has 7 heteroatoms. The van der Waals surface area contributed by atoms with Crippen molar-refractivity contribution in [3.8, 4) is 0 Å². The Balaban J connectivity index is 1.97. The number of carboxylic acids is 1. The van der Waals surface area contributed by atoms with Crippen LogP contribution >= 0.6 is 0 Å². The van der Waals surface area contributed by atoms with Gasteiger partial charge in [-0.1, -0.05) is 0 Å². The van der Waals surface area contributed by atoms with Gasteiger partial charge in [0.1, 0.15) is 5.76 Å². The number of carbonyl (C=O) groups is 1. The summed E-state index contributed by atoms with van der Waals surface area (Å²) in [6, 6.07) is 6.14. The first kappa shape index (κ1) is 14.8. The Labute approximate surface area is 127 Å². The van der Waals surface area contributed by atoms with Gasteiger partial charge in [-0.2, -0.15) is 0 Å². The molecule has 0 unspecified atom stereocenters. The maximum absolute atomic E-state index is 12.5. The predicted molar refractivity (Wildman–Crippen MR) is 78.2 cm³/mol. The minimum absolute atomic E-state index is 0.000904. The quantitative estimate of drug-likeness (QED) is 0.877. The smallest absolute Gasteiger partial charge is 0.335 e. The van der Waals surface area contributed by atoms with Gasteiger partial charge in [0.05, 0.1) is 23.3 Å². The zero-order valence-corrected chi connectivity index (χ0v) is 12.5. The summed E-state index contributed by atoms with van der Waals surface area (Å²) in [5.41, 5.74) is 1.52. The van der Waals surface area contributed by atoms with E-state index in [0.29, 0.717) is 18.6 Å². The maximum atomic E-state index is 12.5. The molecule has 0 fully saturated rings. The van der Waals surface area contributed by atoms with Gasteiger partial charge in [-0.15, -0.1) is 0 Å². The topological polar surface area (TPSA) is 96.6 Å². The van der Waals surface area contributed by atoms with Crippen LogP contribution in [0.4, 0.5) is 0 Å². The second-order valence-electron chi connectivity index (χ2n) is 5.17. The third kappa shape index (κ3) is 2.77. The van der Waals surface area contributed by atoms with E-state index < -0.39 is 16.0 Å². The van der Waals surface area contributed by atoms with Crippen molar-refractivity contribution in [2.24, 2.45) is 0 Å². The fraction of sp³-hybridized carbons (Fsp3) is 0.267. The van der Waals surface area contributed by atoms with Gasteiger partial charge in [0.2, 0.25) is 10.0 Å². The van der Waals surface area contributed by atoms with Crippen LogP contribution in [0.15, 0.2) is 39.8 Å². The number of aryl methyl sites for hydroxylation is 1. The number of aromatic carboxylic acids is 1. The highest BCUT2D eigenvalue weighted by Crippen LogP contribution is 2.30. The van der Waals surface area contributed by atoms with Crippen LogP contribution in [-0.2, 0) is 29.4 Å². The molecule has 3 rings (SSSR count). The van der Waals surface area contributed by atoms with Gasteiger partial charge < -0.3 is 9.52 Å². The SMILES string of the molecule is O=C(O)c1cc2c(c(S(=O)(=O)NCc3ccco3)c1)CCC2. The van der Waals surface area contributed by atoms with Crippen molar-refractivity contribution in [3.63, 3.8) is 0 Å². The van der Waals surface area contributed by atoms with Crippen molar-refractivity contribution >= 4 is 16.0 Å². The molecule has 1 heterocycles. The number of nitrogens with one attached hydrogen (secondary N) is 1. The molecule has 0 bridgehead atoms. The number of hydrogen-bond donors (Lipinski definition) is 2. The minimum atomic E-state index is -3.79. The van der Waals surface area contributed by atoms with Crippen LogP contribution in [-0.4, -0.2) is 19.5 Å². The molecule has 1 aromatic heterocycles. The third-order valence-electron chi connectivity index (χ3n) is 3.73. The molecule has 0 amide bonds. The van der Waals surface area contributed by atoms with E-state index in [1.54, 1.807) is 18.2 Å². The number of fused-ring (bicyclic) bond motifs is 1. The molecule has 116 valence electrons. The summed E-state index contributed by atoms with van der Waals surface area (Å²) >= 11 is 0. The molecule has 6 nitrogen and oxygen atoms in total. The van der Waals surface area contributed by atoms with Crippen LogP contribution in [0.5, 0.6) is 0 Å². The summed E-state index contributed by atoms with van der Waals surface area (Å²) in [5.74, 6) is -0.633. The molecule has 1 aliphatic carbocycles. The first-order valence-electron chi connectivity index (χ1n) is 6.88. The molecule has 0 aliphatic heterocycles. The van der Waals surface area contributed by atoms with Crippen molar-refractivity contribution in [1.29, 1.82) is 0 Å². The Morgan fingerprint density at radius 2 is 2.14 bits per heavy atom. The zero-order valence-electron chi connectivity index (χ0n) is 11.7. The molecule has 0 atom stereocenters. The monoisotopic (exact) mass is 321 g/mol. The van der Waals surface area contributed by atoms with E-state index >= 15 is 0 Å². The highest BCUT2D eigenvalue weighted by atomic mass is 32.2. The van der Waals surface area contributed by atoms with Crippen LogP contribution < -0.4 is 4.72 Å². The van der Waals surface area contributed by atoms with Gasteiger partial charge in [0, 0.05) is 0 Å². The van der Waals surface area contributed by atoms with E-state index in [1.165, 1.54) is 12.3 Å². The predicted octanol–water partition coefficient (Wildman–Crippen LogP) is 1.95. The molecule has 2 aromatic rings. The van der Waals surface area contributed by atoms with Crippen LogP contribution in [0, 0.1) is 0 Å². The molecular formula is C15H15NO5S. The third-order valence-corrected chi connectivity index (χ3v) is 5.19. The number of sulfonamides is 1. The van der Waals surface area contributed by atoms with Crippen LogP contribution in [0.3, 0.4) is 0 Å². The first-order chi connectivity index (χ1) is 10.5. The number of rotatable bonds is 5. The lowest BCUT2D eigenvalue weighted by molar-refractivity contribution is 0.0696. The molecule has 22 heavy (non-hydrogen) atoms. The standard InChI is InChI=1S/C15H15NO5S/c17-15(18)11-7-10-3-1-5-13(10)14(8-11)22(19,20)16-9-12-4-2-6-21-12/h2,4,6-8,16H,1,3,5,9H2,(H,17,18). The molecule has 0 saturated carbocycles. The lowest BCUT2D eigenvalue weighted by atomic mass is 10.1. The molecule has 1 aliphatic rings. The maximum Gasteiger partial charge on any atom is 0.335 e. The van der Waals surface area contributed by atoms with Crippen LogP contribution in [0.2, 0.25) is 0 Å². The van der Waals surface area contributed by atoms with Gasteiger partial charge in [0.25, 0.3) is 0 Å². The minimum Gasteiger partial charge on any atom is -0.478 e. The Morgan fingerprint density at radius 1 is 1.32 bits per heavy atom. The van der Waals surface area contributed by atoms with E-state index in [-0.39, 0.29) is 17.0 Å². The normalized spacial score (nSPS) is 14.0. The van der Waals surface area contributed by atoms with Crippen molar-refractivity contribution in [2.75, 3.05) is 0 Å². The molecule has 1 aromatic carbocycles. The summed E-state index contributed by atoms with van der Waals surface area (Å²) in [6.07, 6.45) is 3.65. The van der Waals surface area contributed by atoms with Gasteiger partial charge in [-0.25, -0.2) is 17.9 Å². The second kappa shape index (κ2) is 5.58. The average molecular weight is 321 g/mol. The highest BCUT2D eigenvalue weighted by Gasteiger charge is 2.26.